The molecule has 2 nitrogen and oxygen atoms in total. The number of para-hydroxylation sites is 1. The van der Waals surface area contributed by atoms with Crippen molar-refractivity contribution in [2.75, 3.05) is 5.75 Å². The molecule has 2 atom stereocenters. The van der Waals surface area contributed by atoms with E-state index in [1.807, 2.05) is 30.0 Å². The molecule has 0 fully saturated rings. The molecule has 2 N–H and O–H groups in total. The number of aryl methyl sites for hydroxylation is 1. The highest BCUT2D eigenvalue weighted by atomic mass is 32.2. The lowest BCUT2D eigenvalue weighted by molar-refractivity contribution is 0.184. The number of hydrogen-bond acceptors (Lipinski definition) is 3. The molecule has 2 aromatic carbocycles. The van der Waals surface area contributed by atoms with E-state index >= 15 is 0 Å². The summed E-state index contributed by atoms with van der Waals surface area (Å²) in [7, 11) is 0. The van der Waals surface area contributed by atoms with Crippen molar-refractivity contribution in [1.82, 2.24) is 0 Å². The Morgan fingerprint density at radius 2 is 1.95 bits per heavy atom. The van der Waals surface area contributed by atoms with Crippen LogP contribution >= 0.6 is 11.8 Å². The first-order chi connectivity index (χ1) is 9.74. The molecule has 0 bridgehead atoms. The number of thioether (sulfide) groups is 1. The third kappa shape index (κ3) is 2.84. The second kappa shape index (κ2) is 5.90. The minimum atomic E-state index is 0.0250. The van der Waals surface area contributed by atoms with Crippen LogP contribution in [0.15, 0.2) is 53.4 Å². The van der Waals surface area contributed by atoms with E-state index in [4.69, 9.17) is 10.5 Å². The average Bonchev–Trinajstić information content (AvgIpc) is 2.49. The molecule has 2 unspecified atom stereocenters. The van der Waals surface area contributed by atoms with Crippen molar-refractivity contribution in [3.8, 4) is 5.75 Å². The Kier molecular flexibility index (Phi) is 3.99. The summed E-state index contributed by atoms with van der Waals surface area (Å²) in [5.74, 6) is 1.89. The fourth-order valence-corrected chi connectivity index (χ4v) is 3.56. The second-order valence-electron chi connectivity index (χ2n) is 5.21. The van der Waals surface area contributed by atoms with Crippen LogP contribution in [0.3, 0.4) is 0 Å². The van der Waals surface area contributed by atoms with Crippen molar-refractivity contribution in [3.05, 3.63) is 59.7 Å². The normalized spacial score (nSPS) is 19.0. The number of fused-ring (bicyclic) bond motifs is 1. The van der Waals surface area contributed by atoms with Crippen molar-refractivity contribution < 1.29 is 4.74 Å². The number of ether oxygens (including phenoxy) is 1. The van der Waals surface area contributed by atoms with Gasteiger partial charge in [-0.2, -0.15) is 0 Å². The molecule has 1 aliphatic rings. The maximum absolute atomic E-state index is 6.37. The molecular formula is C17H19NOS. The van der Waals surface area contributed by atoms with Crippen LogP contribution in [-0.4, -0.2) is 17.9 Å². The molecule has 2 aromatic rings. The van der Waals surface area contributed by atoms with E-state index in [1.165, 1.54) is 16.0 Å². The Bertz CT molecular complexity index is 599. The fraction of sp³-hybridized carbons (Fsp3) is 0.294. The van der Waals surface area contributed by atoms with Gasteiger partial charge >= 0.3 is 0 Å². The van der Waals surface area contributed by atoms with Gasteiger partial charge in [0.1, 0.15) is 11.9 Å². The molecular weight excluding hydrogens is 266 g/mol. The van der Waals surface area contributed by atoms with Crippen LogP contribution in [0.1, 0.15) is 11.1 Å². The third-order valence-electron chi connectivity index (χ3n) is 3.73. The van der Waals surface area contributed by atoms with E-state index in [-0.39, 0.29) is 12.1 Å². The van der Waals surface area contributed by atoms with Gasteiger partial charge in [-0.3, -0.25) is 0 Å². The van der Waals surface area contributed by atoms with Crippen molar-refractivity contribution in [3.63, 3.8) is 0 Å². The van der Waals surface area contributed by atoms with E-state index < -0.39 is 0 Å². The zero-order chi connectivity index (χ0) is 13.9. The Hall–Kier alpha value is -1.45. The third-order valence-corrected chi connectivity index (χ3v) is 4.87. The largest absolute Gasteiger partial charge is 0.487 e. The van der Waals surface area contributed by atoms with Crippen LogP contribution < -0.4 is 10.5 Å². The number of hydrogen-bond donors (Lipinski definition) is 1. The van der Waals surface area contributed by atoms with E-state index in [0.717, 1.165) is 17.9 Å². The van der Waals surface area contributed by atoms with Gasteiger partial charge in [-0.25, -0.2) is 0 Å². The maximum atomic E-state index is 6.37. The number of rotatable bonds is 3. The van der Waals surface area contributed by atoms with Crippen LogP contribution in [0.25, 0.3) is 0 Å². The van der Waals surface area contributed by atoms with Gasteiger partial charge in [0.15, 0.2) is 0 Å². The molecule has 0 radical (unpaired) electrons. The molecule has 0 saturated carbocycles. The molecule has 0 saturated heterocycles. The minimum absolute atomic E-state index is 0.0250. The summed E-state index contributed by atoms with van der Waals surface area (Å²) in [6.45, 7) is 2.13. The lowest BCUT2D eigenvalue weighted by Crippen LogP contribution is -2.43. The van der Waals surface area contributed by atoms with Gasteiger partial charge in [0.05, 0.1) is 0 Å². The number of nitrogens with two attached hydrogens (primary N) is 1. The van der Waals surface area contributed by atoms with Crippen molar-refractivity contribution in [2.45, 2.75) is 30.4 Å². The summed E-state index contributed by atoms with van der Waals surface area (Å²) in [6, 6.07) is 16.6. The minimum Gasteiger partial charge on any atom is -0.487 e. The molecule has 20 heavy (non-hydrogen) atoms. The standard InChI is InChI=1S/C17H19NOS/c1-12-6-2-3-7-13(12)10-14(18)16-11-20-17-9-5-4-8-15(17)19-16/h2-9,14,16H,10-11,18H2,1H3. The predicted molar refractivity (Wildman–Crippen MR) is 84.4 cm³/mol. The number of benzene rings is 2. The van der Waals surface area contributed by atoms with Crippen LogP contribution in [0.4, 0.5) is 0 Å². The van der Waals surface area contributed by atoms with Crippen LogP contribution in [-0.2, 0) is 6.42 Å². The fourth-order valence-electron chi connectivity index (χ4n) is 2.47. The molecule has 3 rings (SSSR count). The molecule has 3 heteroatoms. The van der Waals surface area contributed by atoms with Gasteiger partial charge in [-0.1, -0.05) is 36.4 Å². The second-order valence-corrected chi connectivity index (χ2v) is 6.27. The highest BCUT2D eigenvalue weighted by molar-refractivity contribution is 7.99. The molecule has 0 spiro atoms. The van der Waals surface area contributed by atoms with Crippen LogP contribution in [0.5, 0.6) is 5.75 Å². The molecule has 104 valence electrons. The van der Waals surface area contributed by atoms with Gasteiger partial charge in [-0.05, 0) is 36.6 Å². The summed E-state index contributed by atoms with van der Waals surface area (Å²) < 4.78 is 6.06. The van der Waals surface area contributed by atoms with Crippen molar-refractivity contribution >= 4 is 11.8 Å². The molecule has 1 heterocycles. The lowest BCUT2D eigenvalue weighted by atomic mass is 9.99. The summed E-state index contributed by atoms with van der Waals surface area (Å²) in [4.78, 5) is 1.21. The molecule has 1 aliphatic heterocycles. The van der Waals surface area contributed by atoms with Crippen LogP contribution in [0.2, 0.25) is 0 Å². The summed E-state index contributed by atoms with van der Waals surface area (Å²) in [5.41, 5.74) is 8.98. The first-order valence-electron chi connectivity index (χ1n) is 6.92. The maximum Gasteiger partial charge on any atom is 0.133 e. The Morgan fingerprint density at radius 3 is 2.80 bits per heavy atom. The van der Waals surface area contributed by atoms with Gasteiger partial charge in [0.2, 0.25) is 0 Å². The van der Waals surface area contributed by atoms with Crippen molar-refractivity contribution in [2.24, 2.45) is 5.73 Å². The van der Waals surface area contributed by atoms with Crippen molar-refractivity contribution in [1.29, 1.82) is 0 Å². The van der Waals surface area contributed by atoms with E-state index in [9.17, 15) is 0 Å². The quantitative estimate of drug-likeness (QED) is 0.938. The monoisotopic (exact) mass is 285 g/mol. The molecule has 0 aromatic heterocycles. The zero-order valence-electron chi connectivity index (χ0n) is 11.6. The first-order valence-corrected chi connectivity index (χ1v) is 7.91. The van der Waals surface area contributed by atoms with Gasteiger partial charge in [-0.15, -0.1) is 11.8 Å². The van der Waals surface area contributed by atoms with Gasteiger partial charge in [0.25, 0.3) is 0 Å². The molecule has 0 aliphatic carbocycles. The van der Waals surface area contributed by atoms with Gasteiger partial charge in [0, 0.05) is 16.7 Å². The SMILES string of the molecule is Cc1ccccc1CC(N)C1CSc2ccccc2O1. The van der Waals surface area contributed by atoms with Crippen LogP contribution in [0, 0.1) is 6.92 Å². The summed E-state index contributed by atoms with van der Waals surface area (Å²) >= 11 is 1.83. The Morgan fingerprint density at radius 1 is 1.20 bits per heavy atom. The lowest BCUT2D eigenvalue weighted by Gasteiger charge is -2.30. The zero-order valence-corrected chi connectivity index (χ0v) is 12.4. The predicted octanol–water partition coefficient (Wildman–Crippen LogP) is 3.42. The van der Waals surface area contributed by atoms with E-state index in [1.54, 1.807) is 0 Å². The summed E-state index contributed by atoms with van der Waals surface area (Å²) in [5, 5.41) is 0. The van der Waals surface area contributed by atoms with Gasteiger partial charge < -0.3 is 10.5 Å². The first kappa shape index (κ1) is 13.5. The van der Waals surface area contributed by atoms with E-state index in [2.05, 4.69) is 37.3 Å². The Labute approximate surface area is 124 Å². The smallest absolute Gasteiger partial charge is 0.133 e. The molecule has 0 amide bonds. The van der Waals surface area contributed by atoms with E-state index in [0.29, 0.717) is 0 Å². The average molecular weight is 285 g/mol. The Balaban J connectivity index is 1.70. The highest BCUT2D eigenvalue weighted by Gasteiger charge is 2.26. The summed E-state index contributed by atoms with van der Waals surface area (Å²) in [6.07, 6.45) is 0.939. The highest BCUT2D eigenvalue weighted by Crippen LogP contribution is 2.35. The topological polar surface area (TPSA) is 35.2 Å².